The summed E-state index contributed by atoms with van der Waals surface area (Å²) in [5.41, 5.74) is 1.13. The van der Waals surface area contributed by atoms with E-state index in [2.05, 4.69) is 26.0 Å². The number of carbonyl (C=O) groups excluding carboxylic acids is 2. The summed E-state index contributed by atoms with van der Waals surface area (Å²) < 4.78 is 5.70. The third-order valence-electron chi connectivity index (χ3n) is 2.83. The molecule has 110 valence electrons. The molecule has 0 bridgehead atoms. The van der Waals surface area contributed by atoms with Gasteiger partial charge in [0.15, 0.2) is 6.54 Å². The molecule has 1 aromatic carbocycles. The number of imide groups is 1. The Morgan fingerprint density at radius 2 is 2.00 bits per heavy atom. The summed E-state index contributed by atoms with van der Waals surface area (Å²) in [5, 5.41) is 2.21. The van der Waals surface area contributed by atoms with Crippen LogP contribution in [0, 0.1) is 0 Å². The van der Waals surface area contributed by atoms with E-state index >= 15 is 0 Å². The molecule has 0 heterocycles. The number of hydrogen-bond acceptors (Lipinski definition) is 3. The van der Waals surface area contributed by atoms with Crippen LogP contribution in [0.25, 0.3) is 0 Å². The zero-order valence-corrected chi connectivity index (χ0v) is 13.3. The molecule has 1 aromatic rings. The molecule has 1 rings (SSSR count). The minimum Gasteiger partial charge on any atom is -0.450 e. The second-order valence-electron chi connectivity index (χ2n) is 4.32. The second kappa shape index (κ2) is 8.71. The average molecular weight is 344 g/mol. The molecule has 0 aromatic heterocycles. The highest BCUT2D eigenvalue weighted by atomic mass is 79.9. The van der Waals surface area contributed by atoms with E-state index in [1.165, 1.54) is 0 Å². The molecule has 6 heteroatoms. The highest BCUT2D eigenvalue weighted by molar-refractivity contribution is 9.10. The summed E-state index contributed by atoms with van der Waals surface area (Å²) in [4.78, 5) is 24.0. The number of nitrogens with one attached hydrogen (secondary N) is 2. The molecule has 1 unspecified atom stereocenters. The second-order valence-corrected chi connectivity index (χ2v) is 5.17. The number of halogens is 1. The molecule has 0 saturated carbocycles. The topological polar surface area (TPSA) is 59.8 Å². The smallest absolute Gasteiger partial charge is 0.414 e. The van der Waals surface area contributed by atoms with Crippen LogP contribution < -0.4 is 10.2 Å². The predicted molar refractivity (Wildman–Crippen MR) is 79.4 cm³/mol. The fraction of sp³-hybridized carbons (Fsp3) is 0.429. The monoisotopic (exact) mass is 343 g/mol. The summed E-state index contributed by atoms with van der Waals surface area (Å²) in [6, 6.07) is 7.91. The van der Waals surface area contributed by atoms with Crippen LogP contribution in [0.1, 0.15) is 19.4 Å². The van der Waals surface area contributed by atoms with Crippen LogP contribution in [0.15, 0.2) is 28.7 Å². The lowest BCUT2D eigenvalue weighted by molar-refractivity contribution is -0.904. The molecule has 2 N–H and O–H groups in total. The van der Waals surface area contributed by atoms with Gasteiger partial charge in [0.2, 0.25) is 0 Å². The first kappa shape index (κ1) is 16.7. The van der Waals surface area contributed by atoms with Gasteiger partial charge < -0.3 is 9.64 Å². The molecular weight excluding hydrogens is 324 g/mol. The van der Waals surface area contributed by atoms with Crippen molar-refractivity contribution in [3.8, 4) is 0 Å². The maximum atomic E-state index is 11.7. The van der Waals surface area contributed by atoms with Gasteiger partial charge >= 0.3 is 6.09 Å². The molecule has 0 fully saturated rings. The normalized spacial score (nSPS) is 11.8. The number of likely N-dealkylation sites (N-methyl/N-ethyl adjacent to an activating group) is 1. The van der Waals surface area contributed by atoms with E-state index in [0.717, 1.165) is 21.5 Å². The van der Waals surface area contributed by atoms with Gasteiger partial charge in [-0.05, 0) is 19.9 Å². The van der Waals surface area contributed by atoms with Crippen LogP contribution in [0.2, 0.25) is 0 Å². The number of rotatable bonds is 6. The zero-order valence-electron chi connectivity index (χ0n) is 11.7. The molecule has 2 amide bonds. The Bertz CT molecular complexity index is 465. The van der Waals surface area contributed by atoms with Crippen molar-refractivity contribution in [1.82, 2.24) is 5.32 Å². The van der Waals surface area contributed by atoms with Gasteiger partial charge in [0.1, 0.15) is 6.54 Å². The molecule has 0 aliphatic rings. The van der Waals surface area contributed by atoms with E-state index < -0.39 is 6.09 Å². The third kappa shape index (κ3) is 5.71. The van der Waals surface area contributed by atoms with E-state index in [0.29, 0.717) is 6.54 Å². The zero-order chi connectivity index (χ0) is 15.0. The van der Waals surface area contributed by atoms with E-state index in [4.69, 9.17) is 0 Å². The molecular formula is C14H20BrN2O3+. The van der Waals surface area contributed by atoms with Crippen LogP contribution in [-0.2, 0) is 16.1 Å². The molecule has 0 aliphatic carbocycles. The van der Waals surface area contributed by atoms with Crippen molar-refractivity contribution in [3.05, 3.63) is 34.3 Å². The first-order chi connectivity index (χ1) is 9.56. The Balaban J connectivity index is 2.53. The number of alkyl carbamates (subject to hydrolysis) is 1. The quantitative estimate of drug-likeness (QED) is 0.813. The van der Waals surface area contributed by atoms with Crippen LogP contribution in [-0.4, -0.2) is 31.7 Å². The van der Waals surface area contributed by atoms with Crippen LogP contribution in [0.5, 0.6) is 0 Å². The predicted octanol–water partition coefficient (Wildman–Crippen LogP) is 1.13. The number of quaternary nitrogens is 1. The van der Waals surface area contributed by atoms with E-state index in [1.54, 1.807) is 6.92 Å². The first-order valence-corrected chi connectivity index (χ1v) is 7.39. The van der Waals surface area contributed by atoms with Gasteiger partial charge in [-0.15, -0.1) is 0 Å². The van der Waals surface area contributed by atoms with Crippen molar-refractivity contribution in [2.24, 2.45) is 0 Å². The van der Waals surface area contributed by atoms with Crippen molar-refractivity contribution in [2.75, 3.05) is 19.7 Å². The largest absolute Gasteiger partial charge is 0.450 e. The molecule has 0 radical (unpaired) electrons. The summed E-state index contributed by atoms with van der Waals surface area (Å²) in [6.07, 6.45) is -0.686. The molecule has 0 aliphatic heterocycles. The van der Waals surface area contributed by atoms with Gasteiger partial charge in [0, 0.05) is 10.0 Å². The number of carbonyl (C=O) groups is 2. The maximum absolute atomic E-state index is 11.7. The van der Waals surface area contributed by atoms with Crippen molar-refractivity contribution in [2.45, 2.75) is 20.4 Å². The van der Waals surface area contributed by atoms with E-state index in [-0.39, 0.29) is 19.1 Å². The summed E-state index contributed by atoms with van der Waals surface area (Å²) >= 11 is 3.49. The minimum atomic E-state index is -0.686. The van der Waals surface area contributed by atoms with Crippen molar-refractivity contribution in [3.63, 3.8) is 0 Å². The third-order valence-corrected chi connectivity index (χ3v) is 3.60. The van der Waals surface area contributed by atoms with Gasteiger partial charge in [0.05, 0.1) is 13.2 Å². The van der Waals surface area contributed by atoms with Gasteiger partial charge in [-0.25, -0.2) is 4.79 Å². The average Bonchev–Trinajstić information content (AvgIpc) is 2.40. The minimum absolute atomic E-state index is 0.233. The number of hydrogen-bond donors (Lipinski definition) is 2. The Labute approximate surface area is 127 Å². The van der Waals surface area contributed by atoms with E-state index in [9.17, 15) is 9.59 Å². The number of amides is 2. The lowest BCUT2D eigenvalue weighted by Gasteiger charge is -2.17. The summed E-state index contributed by atoms with van der Waals surface area (Å²) in [7, 11) is 0. The van der Waals surface area contributed by atoms with E-state index in [1.807, 2.05) is 31.2 Å². The van der Waals surface area contributed by atoms with Crippen LogP contribution >= 0.6 is 15.9 Å². The van der Waals surface area contributed by atoms with Crippen LogP contribution in [0.4, 0.5) is 4.79 Å². The molecule has 5 nitrogen and oxygen atoms in total. The van der Waals surface area contributed by atoms with Gasteiger partial charge in [-0.3, -0.25) is 10.1 Å². The lowest BCUT2D eigenvalue weighted by Crippen LogP contribution is -3.11. The Kier molecular flexibility index (Phi) is 7.25. The highest BCUT2D eigenvalue weighted by Crippen LogP contribution is 2.14. The maximum Gasteiger partial charge on any atom is 0.414 e. The Morgan fingerprint density at radius 3 is 2.60 bits per heavy atom. The van der Waals surface area contributed by atoms with Gasteiger partial charge in [-0.1, -0.05) is 34.1 Å². The lowest BCUT2D eigenvalue weighted by atomic mass is 10.2. The van der Waals surface area contributed by atoms with Gasteiger partial charge in [0.25, 0.3) is 5.91 Å². The van der Waals surface area contributed by atoms with Crippen molar-refractivity contribution in [1.29, 1.82) is 0 Å². The van der Waals surface area contributed by atoms with Crippen molar-refractivity contribution >= 4 is 27.9 Å². The van der Waals surface area contributed by atoms with Gasteiger partial charge in [-0.2, -0.15) is 0 Å². The fourth-order valence-electron chi connectivity index (χ4n) is 1.78. The Morgan fingerprint density at radius 1 is 1.30 bits per heavy atom. The van der Waals surface area contributed by atoms with Crippen LogP contribution in [0.3, 0.4) is 0 Å². The molecule has 1 atom stereocenters. The number of benzene rings is 1. The highest BCUT2D eigenvalue weighted by Gasteiger charge is 2.16. The summed E-state index contributed by atoms with van der Waals surface area (Å²) in [6.45, 7) is 5.69. The molecule has 20 heavy (non-hydrogen) atoms. The standard InChI is InChI=1S/C14H19BrN2O3/c1-3-17(9-11-7-5-6-8-12(11)15)10-13(18)16-14(19)20-4-2/h5-8H,3-4,9-10H2,1-2H3,(H,16,18,19)/p+1. The number of ether oxygens (including phenoxy) is 1. The fourth-order valence-corrected chi connectivity index (χ4v) is 2.20. The first-order valence-electron chi connectivity index (χ1n) is 6.60. The molecule has 0 saturated heterocycles. The SMILES string of the molecule is CCOC(=O)NC(=O)C[NH+](CC)Cc1ccccc1Br. The summed E-state index contributed by atoms with van der Waals surface area (Å²) in [5.74, 6) is -0.327. The molecule has 0 spiro atoms. The Hall–Kier alpha value is -1.40. The van der Waals surface area contributed by atoms with Crippen molar-refractivity contribution < 1.29 is 19.2 Å².